The molecular weight excluding hydrogens is 232 g/mol. The molecule has 0 N–H and O–H groups in total. The molecule has 0 aliphatic rings. The van der Waals surface area contributed by atoms with Crippen LogP contribution in [0.25, 0.3) is 0 Å². The second-order valence-electron chi connectivity index (χ2n) is 5.43. The summed E-state index contributed by atoms with van der Waals surface area (Å²) in [4.78, 5) is 12.6. The molecule has 1 unspecified atom stereocenters. The van der Waals surface area contributed by atoms with E-state index in [-0.39, 0.29) is 11.5 Å². The topological polar surface area (TPSA) is 34.1 Å². The fraction of sp³-hybridized carbons (Fsp3) is 0.500. The Hall–Kier alpha value is -0.960. The minimum atomic E-state index is -1.23. The first-order valence-corrected chi connectivity index (χ1v) is 7.02. The van der Waals surface area contributed by atoms with Crippen molar-refractivity contribution in [3.63, 3.8) is 0 Å². The zero-order chi connectivity index (χ0) is 13.2. The number of hydrogen-bond acceptors (Lipinski definition) is 2. The second kappa shape index (κ2) is 5.13. The normalized spacial score (nSPS) is 13.5. The van der Waals surface area contributed by atoms with Crippen LogP contribution in [-0.4, -0.2) is 15.7 Å². The van der Waals surface area contributed by atoms with Crippen molar-refractivity contribution < 1.29 is 9.00 Å². The van der Waals surface area contributed by atoms with Crippen LogP contribution in [0.4, 0.5) is 0 Å². The molecule has 1 rings (SSSR count). The zero-order valence-electron chi connectivity index (χ0n) is 11.2. The van der Waals surface area contributed by atoms with Crippen LogP contribution in [0, 0.1) is 19.3 Å². The van der Waals surface area contributed by atoms with Gasteiger partial charge >= 0.3 is 0 Å². The summed E-state index contributed by atoms with van der Waals surface area (Å²) in [6.45, 7) is 9.50. The summed E-state index contributed by atoms with van der Waals surface area (Å²) in [6, 6.07) is 5.79. The zero-order valence-corrected chi connectivity index (χ0v) is 12.0. The van der Waals surface area contributed by atoms with Crippen molar-refractivity contribution in [3.8, 4) is 0 Å². The summed E-state index contributed by atoms with van der Waals surface area (Å²) in [7, 11) is -1.23. The Morgan fingerprint density at radius 1 is 1.24 bits per heavy atom. The maximum atomic E-state index is 12.1. The van der Waals surface area contributed by atoms with Crippen LogP contribution in [0.15, 0.2) is 23.1 Å². The number of aryl methyl sites for hydroxylation is 2. The molecule has 94 valence electrons. The molecule has 0 aromatic heterocycles. The molecule has 0 saturated heterocycles. The number of rotatable bonds is 3. The lowest BCUT2D eigenvalue weighted by Crippen LogP contribution is -2.25. The van der Waals surface area contributed by atoms with E-state index in [4.69, 9.17) is 0 Å². The van der Waals surface area contributed by atoms with Gasteiger partial charge in [0.2, 0.25) is 0 Å². The molecule has 2 nitrogen and oxygen atoms in total. The van der Waals surface area contributed by atoms with Gasteiger partial charge in [0.1, 0.15) is 0 Å². The summed E-state index contributed by atoms with van der Waals surface area (Å²) in [5.74, 6) is 0.142. The van der Waals surface area contributed by atoms with Crippen molar-refractivity contribution in [2.75, 3.05) is 5.75 Å². The first-order valence-electron chi connectivity index (χ1n) is 5.71. The van der Waals surface area contributed by atoms with Crippen LogP contribution < -0.4 is 0 Å². The monoisotopic (exact) mass is 252 g/mol. The summed E-state index contributed by atoms with van der Waals surface area (Å²) >= 11 is 0. The van der Waals surface area contributed by atoms with Gasteiger partial charge in [-0.3, -0.25) is 9.00 Å². The Bertz CT molecular complexity index is 456. The van der Waals surface area contributed by atoms with Gasteiger partial charge in [-0.25, -0.2) is 0 Å². The van der Waals surface area contributed by atoms with E-state index in [2.05, 4.69) is 0 Å². The molecule has 1 atom stereocenters. The lowest BCUT2D eigenvalue weighted by atomic mass is 9.92. The van der Waals surface area contributed by atoms with Crippen LogP contribution >= 0.6 is 0 Å². The van der Waals surface area contributed by atoms with Gasteiger partial charge in [-0.1, -0.05) is 38.5 Å². The Morgan fingerprint density at radius 3 is 2.29 bits per heavy atom. The molecule has 1 aromatic carbocycles. The van der Waals surface area contributed by atoms with Gasteiger partial charge in [0.05, 0.1) is 16.6 Å². The van der Waals surface area contributed by atoms with Gasteiger partial charge < -0.3 is 0 Å². The van der Waals surface area contributed by atoms with E-state index in [1.807, 2.05) is 52.8 Å². The number of ketones is 1. The van der Waals surface area contributed by atoms with Crippen molar-refractivity contribution in [3.05, 3.63) is 29.3 Å². The molecule has 0 fully saturated rings. The third-order valence-electron chi connectivity index (χ3n) is 2.67. The van der Waals surface area contributed by atoms with Crippen LogP contribution in [0.2, 0.25) is 0 Å². The summed E-state index contributed by atoms with van der Waals surface area (Å²) in [5.41, 5.74) is 1.71. The molecule has 17 heavy (non-hydrogen) atoms. The Morgan fingerprint density at radius 2 is 1.82 bits per heavy atom. The Balaban J connectivity index is 2.88. The highest BCUT2D eigenvalue weighted by Gasteiger charge is 2.24. The molecule has 0 radical (unpaired) electrons. The number of Topliss-reactive ketones (excluding diaryl/α,β-unsaturated/α-hetero) is 1. The molecule has 0 saturated carbocycles. The van der Waals surface area contributed by atoms with E-state index >= 15 is 0 Å². The Labute approximate surface area is 106 Å². The molecular formula is C14H20O2S. The predicted octanol–water partition coefficient (Wildman–Crippen LogP) is 3.03. The Kier molecular flexibility index (Phi) is 4.26. The number of hydrogen-bond donors (Lipinski definition) is 0. The lowest BCUT2D eigenvalue weighted by Gasteiger charge is -2.16. The molecule has 0 heterocycles. The standard InChI is InChI=1S/C14H20O2S/c1-10-6-7-12(11(2)8-10)17(16)9-13(15)14(3,4)5/h6-8H,9H2,1-5H3. The van der Waals surface area contributed by atoms with Crippen LogP contribution in [0.5, 0.6) is 0 Å². The van der Waals surface area contributed by atoms with Gasteiger partial charge in [-0.2, -0.15) is 0 Å². The molecule has 0 aliphatic carbocycles. The van der Waals surface area contributed by atoms with E-state index in [9.17, 15) is 9.00 Å². The van der Waals surface area contributed by atoms with Crippen molar-refractivity contribution in [1.29, 1.82) is 0 Å². The molecule has 0 bridgehead atoms. The van der Waals surface area contributed by atoms with E-state index in [0.717, 1.165) is 16.0 Å². The van der Waals surface area contributed by atoms with Gasteiger partial charge in [0, 0.05) is 10.3 Å². The quantitative estimate of drug-likeness (QED) is 0.828. The van der Waals surface area contributed by atoms with Gasteiger partial charge in [0.25, 0.3) is 0 Å². The third kappa shape index (κ3) is 3.77. The van der Waals surface area contributed by atoms with Gasteiger partial charge in [-0.15, -0.1) is 0 Å². The maximum absolute atomic E-state index is 12.1. The average molecular weight is 252 g/mol. The fourth-order valence-electron chi connectivity index (χ4n) is 1.47. The number of carbonyl (C=O) groups excluding carboxylic acids is 1. The summed E-state index contributed by atoms with van der Waals surface area (Å²) in [6.07, 6.45) is 0. The minimum Gasteiger partial charge on any atom is -0.298 e. The van der Waals surface area contributed by atoms with E-state index in [1.165, 1.54) is 0 Å². The van der Waals surface area contributed by atoms with Crippen LogP contribution in [-0.2, 0) is 15.6 Å². The third-order valence-corrected chi connectivity index (χ3v) is 4.15. The van der Waals surface area contributed by atoms with Crippen molar-refractivity contribution in [2.24, 2.45) is 5.41 Å². The van der Waals surface area contributed by atoms with Gasteiger partial charge in [-0.05, 0) is 25.5 Å². The number of benzene rings is 1. The van der Waals surface area contributed by atoms with Crippen LogP contribution in [0.3, 0.4) is 0 Å². The minimum absolute atomic E-state index is 0.0378. The first-order chi connectivity index (χ1) is 7.71. The fourth-order valence-corrected chi connectivity index (χ4v) is 2.93. The van der Waals surface area contributed by atoms with Crippen LogP contribution in [0.1, 0.15) is 31.9 Å². The van der Waals surface area contributed by atoms with Crippen molar-refractivity contribution in [1.82, 2.24) is 0 Å². The smallest absolute Gasteiger partial charge is 0.151 e. The highest BCUT2D eigenvalue weighted by atomic mass is 32.2. The van der Waals surface area contributed by atoms with E-state index in [0.29, 0.717) is 0 Å². The van der Waals surface area contributed by atoms with Crippen molar-refractivity contribution in [2.45, 2.75) is 39.5 Å². The molecule has 0 aliphatic heterocycles. The molecule has 0 amide bonds. The van der Waals surface area contributed by atoms with E-state index in [1.54, 1.807) is 0 Å². The highest BCUT2D eigenvalue weighted by Crippen LogP contribution is 2.19. The second-order valence-corrected chi connectivity index (χ2v) is 6.85. The first kappa shape index (κ1) is 14.1. The largest absolute Gasteiger partial charge is 0.298 e. The highest BCUT2D eigenvalue weighted by molar-refractivity contribution is 7.85. The lowest BCUT2D eigenvalue weighted by molar-refractivity contribution is -0.123. The summed E-state index contributed by atoms with van der Waals surface area (Å²) < 4.78 is 12.1. The molecule has 3 heteroatoms. The van der Waals surface area contributed by atoms with Gasteiger partial charge in [0.15, 0.2) is 5.78 Å². The molecule has 0 spiro atoms. The predicted molar refractivity (Wildman–Crippen MR) is 71.7 cm³/mol. The number of carbonyl (C=O) groups is 1. The summed E-state index contributed by atoms with van der Waals surface area (Å²) in [5, 5.41) is 0. The SMILES string of the molecule is Cc1ccc(S(=O)CC(=O)C(C)(C)C)c(C)c1. The molecule has 1 aromatic rings. The average Bonchev–Trinajstić information content (AvgIpc) is 2.15. The maximum Gasteiger partial charge on any atom is 0.151 e. The van der Waals surface area contributed by atoms with E-state index < -0.39 is 16.2 Å². The van der Waals surface area contributed by atoms with Crippen molar-refractivity contribution >= 4 is 16.6 Å².